The summed E-state index contributed by atoms with van der Waals surface area (Å²) >= 11 is 1.50. The van der Waals surface area contributed by atoms with Crippen LogP contribution in [-0.2, 0) is 4.79 Å². The van der Waals surface area contributed by atoms with Gasteiger partial charge in [0.05, 0.1) is 4.91 Å². The molecule has 0 aromatic rings. The zero-order chi connectivity index (χ0) is 10.6. The highest BCUT2D eigenvalue weighted by Gasteiger charge is 2.10. The van der Waals surface area contributed by atoms with Gasteiger partial charge in [-0.15, -0.1) is 0 Å². The molecule has 0 aliphatic heterocycles. The molecule has 0 saturated carbocycles. The van der Waals surface area contributed by atoms with Gasteiger partial charge in [0.15, 0.2) is 5.78 Å². The summed E-state index contributed by atoms with van der Waals surface area (Å²) in [6.45, 7) is 13.6. The Morgan fingerprint density at radius 2 is 1.69 bits per heavy atom. The lowest BCUT2D eigenvalue weighted by Gasteiger charge is -2.11. The number of Topliss-reactive ketones (excluding diaryl/α,β-unsaturated/α-hetero) is 1. The van der Waals surface area contributed by atoms with E-state index in [1.54, 1.807) is 6.92 Å². The smallest absolute Gasteiger partial charge is 0.166 e. The number of carbonyl (C=O) groups is 1. The highest BCUT2D eigenvalue weighted by molar-refractivity contribution is 8.07. The van der Waals surface area contributed by atoms with Crippen LogP contribution in [0.5, 0.6) is 0 Å². The first-order chi connectivity index (χ1) is 5.86. The lowest BCUT2D eigenvalue weighted by atomic mass is 10.2. The number of allylic oxidation sites excluding steroid dienone is 3. The third kappa shape index (κ3) is 4.32. The molecule has 0 aliphatic carbocycles. The molecule has 0 saturated heterocycles. The van der Waals surface area contributed by atoms with E-state index in [9.17, 15) is 4.79 Å². The van der Waals surface area contributed by atoms with Crippen LogP contribution in [-0.4, -0.2) is 5.78 Å². The molecule has 0 heterocycles. The van der Waals surface area contributed by atoms with E-state index in [1.807, 2.05) is 13.8 Å². The molecule has 1 nitrogen and oxygen atoms in total. The van der Waals surface area contributed by atoms with Gasteiger partial charge >= 0.3 is 0 Å². The predicted octanol–water partition coefficient (Wildman–Crippen LogP) is 3.77. The van der Waals surface area contributed by atoms with Crippen molar-refractivity contribution in [2.45, 2.75) is 34.6 Å². The minimum atomic E-state index is 0.131. The molecular weight excluding hydrogens is 180 g/mol. The maximum Gasteiger partial charge on any atom is 0.166 e. The molecule has 0 bridgehead atoms. The summed E-state index contributed by atoms with van der Waals surface area (Å²) < 4.78 is 0. The average molecular weight is 198 g/mol. The van der Waals surface area contributed by atoms with Crippen molar-refractivity contribution in [1.82, 2.24) is 0 Å². The van der Waals surface area contributed by atoms with Crippen LogP contribution in [0.4, 0.5) is 0 Å². The van der Waals surface area contributed by atoms with E-state index in [0.29, 0.717) is 5.92 Å². The molecule has 0 fully saturated rings. The van der Waals surface area contributed by atoms with Gasteiger partial charge < -0.3 is 0 Å². The first-order valence-corrected chi connectivity index (χ1v) is 5.23. The molecule has 0 unspecified atom stereocenters. The quantitative estimate of drug-likeness (QED) is 0.640. The van der Waals surface area contributed by atoms with Crippen LogP contribution < -0.4 is 0 Å². The van der Waals surface area contributed by atoms with Gasteiger partial charge in [0.1, 0.15) is 0 Å². The Balaban J connectivity index is 4.57. The molecule has 0 atom stereocenters. The molecule has 74 valence electrons. The SMILES string of the molecule is C=C(SC(C(C)=O)=C(C)C)C(C)C. The highest BCUT2D eigenvalue weighted by atomic mass is 32.2. The Morgan fingerprint density at radius 1 is 1.23 bits per heavy atom. The Hall–Kier alpha value is -0.500. The lowest BCUT2D eigenvalue weighted by Crippen LogP contribution is -1.97. The number of rotatable bonds is 4. The first-order valence-electron chi connectivity index (χ1n) is 4.41. The second kappa shape index (κ2) is 5.28. The molecule has 0 aromatic carbocycles. The first kappa shape index (κ1) is 12.5. The van der Waals surface area contributed by atoms with Crippen LogP contribution in [0.1, 0.15) is 34.6 Å². The van der Waals surface area contributed by atoms with Crippen molar-refractivity contribution in [3.63, 3.8) is 0 Å². The highest BCUT2D eigenvalue weighted by Crippen LogP contribution is 2.31. The fourth-order valence-corrected chi connectivity index (χ4v) is 1.62. The average Bonchev–Trinajstić information content (AvgIpc) is 1.97. The third-order valence-corrected chi connectivity index (χ3v) is 3.28. The van der Waals surface area contributed by atoms with Crippen molar-refractivity contribution < 1.29 is 4.79 Å². The zero-order valence-corrected chi connectivity index (χ0v) is 9.92. The maximum absolute atomic E-state index is 11.2. The number of ketones is 1. The van der Waals surface area contributed by atoms with Crippen LogP contribution in [0.15, 0.2) is 22.0 Å². The van der Waals surface area contributed by atoms with Gasteiger partial charge in [-0.3, -0.25) is 4.79 Å². The summed E-state index contributed by atoms with van der Waals surface area (Å²) in [4.78, 5) is 13.1. The van der Waals surface area contributed by atoms with E-state index in [4.69, 9.17) is 0 Å². The van der Waals surface area contributed by atoms with E-state index < -0.39 is 0 Å². The number of hydrogen-bond acceptors (Lipinski definition) is 2. The molecule has 0 N–H and O–H groups in total. The molecule has 0 rings (SSSR count). The summed E-state index contributed by atoms with van der Waals surface area (Å²) in [7, 11) is 0. The predicted molar refractivity (Wildman–Crippen MR) is 60.6 cm³/mol. The van der Waals surface area contributed by atoms with Crippen LogP contribution >= 0.6 is 11.8 Å². The summed E-state index contributed by atoms with van der Waals surface area (Å²) in [5, 5.41) is 0. The van der Waals surface area contributed by atoms with Crippen molar-refractivity contribution in [2.75, 3.05) is 0 Å². The topological polar surface area (TPSA) is 17.1 Å². The van der Waals surface area contributed by atoms with Crippen molar-refractivity contribution in [3.8, 4) is 0 Å². The summed E-state index contributed by atoms with van der Waals surface area (Å²) in [6.07, 6.45) is 0. The van der Waals surface area contributed by atoms with Crippen molar-refractivity contribution >= 4 is 17.5 Å². The standard InChI is InChI=1S/C11H18OS/c1-7(2)10(6)13-11(8(3)4)9(5)12/h7H,6H2,1-5H3. The number of thioether (sulfide) groups is 1. The molecule has 13 heavy (non-hydrogen) atoms. The van der Waals surface area contributed by atoms with E-state index in [-0.39, 0.29) is 5.78 Å². The third-order valence-electron chi connectivity index (χ3n) is 1.65. The number of carbonyl (C=O) groups excluding carboxylic acids is 1. The largest absolute Gasteiger partial charge is 0.294 e. The molecule has 0 radical (unpaired) electrons. The Bertz CT molecular complexity index is 245. The minimum absolute atomic E-state index is 0.131. The Kier molecular flexibility index (Phi) is 5.07. The fourth-order valence-electron chi connectivity index (χ4n) is 0.775. The van der Waals surface area contributed by atoms with Gasteiger partial charge in [0.25, 0.3) is 0 Å². The van der Waals surface area contributed by atoms with E-state index in [0.717, 1.165) is 15.4 Å². The normalized spacial score (nSPS) is 10.0. The van der Waals surface area contributed by atoms with Crippen LogP contribution in [0, 0.1) is 5.92 Å². The van der Waals surface area contributed by atoms with Crippen molar-refractivity contribution in [1.29, 1.82) is 0 Å². The fraction of sp³-hybridized carbons (Fsp3) is 0.545. The molecule has 0 spiro atoms. The van der Waals surface area contributed by atoms with Crippen molar-refractivity contribution in [3.05, 3.63) is 22.0 Å². The van der Waals surface area contributed by atoms with E-state index in [2.05, 4.69) is 20.4 Å². The monoisotopic (exact) mass is 198 g/mol. The van der Waals surface area contributed by atoms with Gasteiger partial charge in [-0.05, 0) is 31.6 Å². The Labute approximate surface area is 85.3 Å². The molecule has 0 aliphatic rings. The van der Waals surface area contributed by atoms with Gasteiger partial charge in [0, 0.05) is 0 Å². The number of hydrogen-bond donors (Lipinski definition) is 0. The minimum Gasteiger partial charge on any atom is -0.294 e. The second-order valence-corrected chi connectivity index (χ2v) is 4.75. The zero-order valence-electron chi connectivity index (χ0n) is 9.10. The van der Waals surface area contributed by atoms with Crippen LogP contribution in [0.3, 0.4) is 0 Å². The lowest BCUT2D eigenvalue weighted by molar-refractivity contribution is -0.113. The summed E-state index contributed by atoms with van der Waals surface area (Å²) in [6, 6.07) is 0. The van der Waals surface area contributed by atoms with Crippen molar-refractivity contribution in [2.24, 2.45) is 5.92 Å². The van der Waals surface area contributed by atoms with Crippen LogP contribution in [0.2, 0.25) is 0 Å². The Morgan fingerprint density at radius 3 is 1.92 bits per heavy atom. The maximum atomic E-state index is 11.2. The van der Waals surface area contributed by atoms with Gasteiger partial charge in [0.2, 0.25) is 0 Å². The van der Waals surface area contributed by atoms with Gasteiger partial charge in [-0.25, -0.2) is 0 Å². The summed E-state index contributed by atoms with van der Waals surface area (Å²) in [5.41, 5.74) is 1.07. The van der Waals surface area contributed by atoms with Gasteiger partial charge in [-0.1, -0.05) is 37.8 Å². The van der Waals surface area contributed by atoms with Crippen LogP contribution in [0.25, 0.3) is 0 Å². The second-order valence-electron chi connectivity index (χ2n) is 3.61. The van der Waals surface area contributed by atoms with E-state index in [1.165, 1.54) is 11.8 Å². The molecule has 0 aromatic heterocycles. The van der Waals surface area contributed by atoms with Gasteiger partial charge in [-0.2, -0.15) is 0 Å². The molecule has 0 amide bonds. The molecule has 2 heteroatoms. The van der Waals surface area contributed by atoms with E-state index >= 15 is 0 Å². The summed E-state index contributed by atoms with van der Waals surface area (Å²) in [5.74, 6) is 0.547. The molecular formula is C11H18OS.